The van der Waals surface area contributed by atoms with Crippen molar-refractivity contribution in [2.75, 3.05) is 13.2 Å². The summed E-state index contributed by atoms with van der Waals surface area (Å²) in [5, 5.41) is 23.2. The van der Waals surface area contributed by atoms with Crippen LogP contribution >= 0.6 is 0 Å². The van der Waals surface area contributed by atoms with E-state index in [4.69, 9.17) is 4.74 Å². The molecular weight excluding hydrogens is 935 g/mol. The van der Waals surface area contributed by atoms with E-state index < -0.39 is 12.1 Å². The Hall–Kier alpha value is -1.66. The third-order valence-corrected chi connectivity index (χ3v) is 16.2. The SMILES string of the molecule is CCCCCCCCC/C=C\CCCCCCCC(=O)OCCCCCCCCCCCCCCCCCCCCCCCCCCCCC(=O)NC(CO)C(O)/C=C/CCCCCCCCCCCCCCCCC. The van der Waals surface area contributed by atoms with E-state index in [1.165, 1.54) is 315 Å². The zero-order valence-electron chi connectivity index (χ0n) is 51.5. The lowest BCUT2D eigenvalue weighted by molar-refractivity contribution is -0.143. The smallest absolute Gasteiger partial charge is 0.305 e. The van der Waals surface area contributed by atoms with Gasteiger partial charge in [-0.25, -0.2) is 0 Å². The van der Waals surface area contributed by atoms with Crippen LogP contribution in [0.2, 0.25) is 0 Å². The Kier molecular flexibility index (Phi) is 64.4. The minimum Gasteiger partial charge on any atom is -0.466 e. The summed E-state index contributed by atoms with van der Waals surface area (Å²) in [5.41, 5.74) is 0. The van der Waals surface area contributed by atoms with Crippen LogP contribution in [0, 0.1) is 0 Å². The average molecular weight is 1070 g/mol. The molecule has 3 N–H and O–H groups in total. The Labute approximate surface area is 475 Å². The van der Waals surface area contributed by atoms with E-state index in [1.54, 1.807) is 6.08 Å². The quantitative estimate of drug-likeness (QED) is 0.0320. The van der Waals surface area contributed by atoms with Crippen LogP contribution in [0.15, 0.2) is 24.3 Å². The Morgan fingerprint density at radius 1 is 0.355 bits per heavy atom. The average Bonchev–Trinajstić information content (AvgIpc) is 3.42. The van der Waals surface area contributed by atoms with Gasteiger partial charge in [-0.3, -0.25) is 9.59 Å². The molecule has 1 amide bonds. The second-order valence-corrected chi connectivity index (χ2v) is 23.9. The van der Waals surface area contributed by atoms with Crippen molar-refractivity contribution in [2.24, 2.45) is 0 Å². The fourth-order valence-corrected chi connectivity index (χ4v) is 10.9. The molecule has 0 aliphatic rings. The van der Waals surface area contributed by atoms with E-state index in [0.717, 1.165) is 44.9 Å². The van der Waals surface area contributed by atoms with Gasteiger partial charge in [0.25, 0.3) is 0 Å². The molecule has 2 unspecified atom stereocenters. The van der Waals surface area contributed by atoms with Gasteiger partial charge in [0.05, 0.1) is 25.4 Å². The highest BCUT2D eigenvalue weighted by molar-refractivity contribution is 5.76. The monoisotopic (exact) mass is 1070 g/mol. The maximum absolute atomic E-state index is 12.5. The lowest BCUT2D eigenvalue weighted by atomic mass is 10.0. The van der Waals surface area contributed by atoms with Gasteiger partial charge in [-0.15, -0.1) is 0 Å². The van der Waals surface area contributed by atoms with Gasteiger partial charge in [0, 0.05) is 12.8 Å². The lowest BCUT2D eigenvalue weighted by Crippen LogP contribution is -2.45. The second-order valence-electron chi connectivity index (χ2n) is 23.9. The Bertz CT molecular complexity index is 1190. The highest BCUT2D eigenvalue weighted by Crippen LogP contribution is 2.19. The van der Waals surface area contributed by atoms with E-state index in [2.05, 4.69) is 31.3 Å². The standard InChI is InChI=1S/C70H135NO5/c1-3-5-7-9-11-13-15-17-19-31-34-38-42-46-50-54-58-62-68(73)67(66-72)71-69(74)63-59-55-51-47-43-39-35-32-29-27-25-23-21-22-24-26-28-30-33-37-41-45-49-53-57-61-65-76-70(75)64-60-56-52-48-44-40-36-20-18-16-14-12-10-8-6-4-2/h20,36,58,62,67-68,72-73H,3-19,21-35,37-57,59-61,63-66H2,1-2H3,(H,71,74)/b36-20-,62-58+. The van der Waals surface area contributed by atoms with Crippen LogP contribution in [0.25, 0.3) is 0 Å². The van der Waals surface area contributed by atoms with Crippen LogP contribution in [-0.4, -0.2) is 47.4 Å². The van der Waals surface area contributed by atoms with Crippen LogP contribution in [-0.2, 0) is 14.3 Å². The molecule has 0 aromatic heterocycles. The van der Waals surface area contributed by atoms with Crippen molar-refractivity contribution >= 4 is 11.9 Å². The topological polar surface area (TPSA) is 95.9 Å². The first-order valence-corrected chi connectivity index (χ1v) is 34.6. The number of carbonyl (C=O) groups is 2. The number of unbranched alkanes of at least 4 members (excludes halogenated alkanes) is 52. The molecule has 0 radical (unpaired) electrons. The summed E-state index contributed by atoms with van der Waals surface area (Å²) in [6, 6.07) is -0.626. The molecule has 0 fully saturated rings. The van der Waals surface area contributed by atoms with Gasteiger partial charge in [-0.05, 0) is 57.8 Å². The van der Waals surface area contributed by atoms with Gasteiger partial charge < -0.3 is 20.3 Å². The molecule has 0 heterocycles. The highest BCUT2D eigenvalue weighted by Gasteiger charge is 2.18. The fraction of sp³-hybridized carbons (Fsp3) is 0.914. The summed E-state index contributed by atoms with van der Waals surface area (Å²) in [7, 11) is 0. The zero-order valence-corrected chi connectivity index (χ0v) is 51.5. The molecule has 0 saturated heterocycles. The van der Waals surface area contributed by atoms with Crippen molar-refractivity contribution in [3.8, 4) is 0 Å². The Balaban J connectivity index is 3.37. The van der Waals surface area contributed by atoms with Gasteiger partial charge in [0.15, 0.2) is 0 Å². The molecule has 0 aromatic rings. The van der Waals surface area contributed by atoms with E-state index in [0.29, 0.717) is 19.4 Å². The maximum Gasteiger partial charge on any atom is 0.305 e. The molecule has 0 spiro atoms. The molecule has 0 saturated carbocycles. The number of allylic oxidation sites excluding steroid dienone is 3. The summed E-state index contributed by atoms with van der Waals surface area (Å²) in [6.07, 6.45) is 82.5. The summed E-state index contributed by atoms with van der Waals surface area (Å²) in [4.78, 5) is 24.6. The molecule has 76 heavy (non-hydrogen) atoms. The third-order valence-electron chi connectivity index (χ3n) is 16.2. The Morgan fingerprint density at radius 3 is 0.934 bits per heavy atom. The predicted molar refractivity (Wildman–Crippen MR) is 333 cm³/mol. The van der Waals surface area contributed by atoms with E-state index in [1.807, 2.05) is 6.08 Å². The van der Waals surface area contributed by atoms with E-state index >= 15 is 0 Å². The maximum atomic E-state index is 12.5. The number of amides is 1. The van der Waals surface area contributed by atoms with Crippen LogP contribution in [0.1, 0.15) is 386 Å². The van der Waals surface area contributed by atoms with Gasteiger partial charge in [-0.1, -0.05) is 340 Å². The first kappa shape index (κ1) is 74.3. The first-order chi connectivity index (χ1) is 37.5. The van der Waals surface area contributed by atoms with Crippen LogP contribution in [0.4, 0.5) is 0 Å². The number of carbonyl (C=O) groups excluding carboxylic acids is 2. The van der Waals surface area contributed by atoms with Crippen molar-refractivity contribution in [3.05, 3.63) is 24.3 Å². The summed E-state index contributed by atoms with van der Waals surface area (Å²) < 4.78 is 5.50. The van der Waals surface area contributed by atoms with Gasteiger partial charge >= 0.3 is 5.97 Å². The van der Waals surface area contributed by atoms with Gasteiger partial charge in [-0.2, -0.15) is 0 Å². The molecular formula is C70H135NO5. The minimum absolute atomic E-state index is 0.0101. The summed E-state index contributed by atoms with van der Waals surface area (Å²) in [5.74, 6) is -0.0526. The van der Waals surface area contributed by atoms with Crippen molar-refractivity contribution in [1.29, 1.82) is 0 Å². The number of aliphatic hydroxyl groups excluding tert-OH is 2. The fourth-order valence-electron chi connectivity index (χ4n) is 10.9. The second kappa shape index (κ2) is 65.9. The number of hydrogen-bond acceptors (Lipinski definition) is 5. The van der Waals surface area contributed by atoms with Crippen molar-refractivity contribution in [2.45, 2.75) is 398 Å². The number of rotatable bonds is 65. The predicted octanol–water partition coefficient (Wildman–Crippen LogP) is 22.1. The van der Waals surface area contributed by atoms with Crippen molar-refractivity contribution in [1.82, 2.24) is 5.32 Å². The zero-order chi connectivity index (χ0) is 55.0. The Morgan fingerprint density at radius 2 is 0.618 bits per heavy atom. The lowest BCUT2D eigenvalue weighted by Gasteiger charge is -2.20. The molecule has 0 rings (SSSR count). The normalized spacial score (nSPS) is 12.6. The highest BCUT2D eigenvalue weighted by atomic mass is 16.5. The molecule has 450 valence electrons. The largest absolute Gasteiger partial charge is 0.466 e. The molecule has 6 nitrogen and oxygen atoms in total. The number of nitrogens with one attached hydrogen (secondary N) is 1. The first-order valence-electron chi connectivity index (χ1n) is 34.6. The minimum atomic E-state index is -0.843. The van der Waals surface area contributed by atoms with Gasteiger partial charge in [0.2, 0.25) is 5.91 Å². The van der Waals surface area contributed by atoms with E-state index in [-0.39, 0.29) is 18.5 Å². The van der Waals surface area contributed by atoms with Crippen LogP contribution < -0.4 is 5.32 Å². The van der Waals surface area contributed by atoms with Crippen molar-refractivity contribution in [3.63, 3.8) is 0 Å². The number of esters is 1. The summed E-state index contributed by atoms with van der Waals surface area (Å²) >= 11 is 0. The van der Waals surface area contributed by atoms with Crippen molar-refractivity contribution < 1.29 is 24.5 Å². The van der Waals surface area contributed by atoms with E-state index in [9.17, 15) is 19.8 Å². The van der Waals surface area contributed by atoms with Crippen LogP contribution in [0.3, 0.4) is 0 Å². The molecule has 0 aliphatic carbocycles. The summed E-state index contributed by atoms with van der Waals surface area (Å²) in [6.45, 7) is 4.93. The number of ether oxygens (including phenoxy) is 1. The molecule has 0 aromatic carbocycles. The molecule has 2 atom stereocenters. The van der Waals surface area contributed by atoms with Gasteiger partial charge in [0.1, 0.15) is 0 Å². The molecule has 0 bridgehead atoms. The number of hydrogen-bond donors (Lipinski definition) is 3. The number of aliphatic hydroxyl groups is 2. The molecule has 6 heteroatoms. The third kappa shape index (κ3) is 61.6. The molecule has 0 aliphatic heterocycles. The van der Waals surface area contributed by atoms with Crippen LogP contribution in [0.5, 0.6) is 0 Å².